The Kier molecular flexibility index (Phi) is 10.0. The normalized spacial score (nSPS) is 24.6. The number of carboxylic acid groups (broad SMARTS) is 1. The number of allylic oxidation sites excluding steroid dienone is 6. The van der Waals surface area contributed by atoms with Crippen molar-refractivity contribution in [2.24, 2.45) is 11.8 Å². The second-order valence-corrected chi connectivity index (χ2v) is 18.1. The van der Waals surface area contributed by atoms with Gasteiger partial charge in [-0.25, -0.2) is 8.42 Å². The molecule has 0 radical (unpaired) electrons. The summed E-state index contributed by atoms with van der Waals surface area (Å²) in [6.45, 7) is 5.61. The maximum absolute atomic E-state index is 12.9. The van der Waals surface area contributed by atoms with E-state index in [1.807, 2.05) is 48.6 Å². The number of fused-ring (bicyclic) bond motifs is 3. The van der Waals surface area contributed by atoms with E-state index in [0.29, 0.717) is 33.4 Å². The lowest BCUT2D eigenvalue weighted by Crippen LogP contribution is -2.69. The molecule has 7 atom stereocenters. The summed E-state index contributed by atoms with van der Waals surface area (Å²) in [5.41, 5.74) is 2.25. The minimum Gasteiger partial charge on any atom is -0.481 e. The number of aromatic nitrogens is 1. The van der Waals surface area contributed by atoms with Crippen LogP contribution in [0.4, 0.5) is 5.69 Å². The van der Waals surface area contributed by atoms with E-state index in [1.54, 1.807) is 21.6 Å². The zero-order chi connectivity index (χ0) is 36.2. The monoisotopic (exact) mass is 755 g/mol. The minimum absolute atomic E-state index is 0.304. The van der Waals surface area contributed by atoms with E-state index in [9.17, 15) is 37.3 Å². The van der Waals surface area contributed by atoms with Gasteiger partial charge in [-0.1, -0.05) is 59.5 Å². The molecule has 0 fully saturated rings. The summed E-state index contributed by atoms with van der Waals surface area (Å²) >= 11 is -2.30. The van der Waals surface area contributed by atoms with Crippen molar-refractivity contribution in [2.75, 3.05) is 4.90 Å². The quantitative estimate of drug-likeness (QED) is 0.101. The molecule has 7 unspecified atom stereocenters. The average molecular weight is 756 g/mol. The molecule has 3 aliphatic rings. The van der Waals surface area contributed by atoms with Crippen LogP contribution >= 0.6 is 23.1 Å². The van der Waals surface area contributed by atoms with Crippen molar-refractivity contribution in [2.45, 2.75) is 73.6 Å². The number of carbonyl (C=O) groups is 2. The number of carboxylic acids is 1. The summed E-state index contributed by atoms with van der Waals surface area (Å²) in [5, 5.41) is 22.4. The van der Waals surface area contributed by atoms with E-state index < -0.39 is 49.4 Å². The van der Waals surface area contributed by atoms with Crippen LogP contribution in [-0.4, -0.2) is 50.5 Å². The molecule has 4 N–H and O–H groups in total. The molecule has 14 heteroatoms. The summed E-state index contributed by atoms with van der Waals surface area (Å²) in [6, 6.07) is 14.8. The van der Waals surface area contributed by atoms with E-state index >= 15 is 0 Å². The van der Waals surface area contributed by atoms with E-state index in [0.717, 1.165) is 52.0 Å². The number of nitrogens with zero attached hydrogens (tertiary/aromatic N) is 2. The van der Waals surface area contributed by atoms with Crippen molar-refractivity contribution in [1.29, 1.82) is 0 Å². The highest BCUT2D eigenvalue weighted by Crippen LogP contribution is 2.52. The highest BCUT2D eigenvalue weighted by Gasteiger charge is 2.60. The molecule has 0 amide bonds. The third-order valence-electron chi connectivity index (χ3n) is 10.3. The van der Waals surface area contributed by atoms with E-state index in [-0.39, 0.29) is 0 Å². The van der Waals surface area contributed by atoms with Gasteiger partial charge in [0.25, 0.3) is 9.88 Å². The highest BCUT2D eigenvalue weighted by atomic mass is 32.2. The molecule has 0 spiro atoms. The summed E-state index contributed by atoms with van der Waals surface area (Å²) in [6.07, 6.45) is 11.8. The number of rotatable bonds is 10. The lowest BCUT2D eigenvalue weighted by Gasteiger charge is -2.40. The third kappa shape index (κ3) is 6.08. The summed E-state index contributed by atoms with van der Waals surface area (Å²) in [4.78, 5) is 23.3. The number of benzene rings is 2. The lowest BCUT2D eigenvalue weighted by molar-refractivity contribution is -0.722. The topological polar surface area (TPSA) is 156 Å². The Morgan fingerprint density at radius 2 is 1.68 bits per heavy atom. The van der Waals surface area contributed by atoms with Crippen molar-refractivity contribution < 1.29 is 41.9 Å². The van der Waals surface area contributed by atoms with Gasteiger partial charge in [0, 0.05) is 24.0 Å². The molecule has 264 valence electrons. The van der Waals surface area contributed by atoms with E-state index in [1.165, 1.54) is 50.8 Å². The number of anilines is 1. The van der Waals surface area contributed by atoms with Crippen molar-refractivity contribution in [3.05, 3.63) is 93.5 Å². The molecule has 0 saturated carbocycles. The fraction of sp³-hybridized carbons (Fsp3) is 0.361. The Balaban J connectivity index is 1.43. The van der Waals surface area contributed by atoms with Crippen LogP contribution in [-0.2, 0) is 36.6 Å². The van der Waals surface area contributed by atoms with Gasteiger partial charge < -0.3 is 24.2 Å². The molecule has 10 nitrogen and oxygen atoms in total. The van der Waals surface area contributed by atoms with Crippen LogP contribution in [0.2, 0.25) is 0 Å². The standard InChI is InChI=1S/C36H38N2O8S4/c1-22(33(40)41)35(3,49(43)44)37-27-9-5-7-11-29(27)47-31(37)19-23-13-15-25-16-14-24(18-26(25)17-23)20-32-38(28-10-6-8-12-30(28)48-32)36(4,50(45)46)34(2,42)21-39/h5-12,17-22,25,42H,13-16H2,1-4H3,(H2-,40,41,43,44,45,46)/p+1. The number of hydrogen-bond donors (Lipinski definition) is 4. The number of hydrogen-bond acceptors (Lipinski definition) is 8. The van der Waals surface area contributed by atoms with Gasteiger partial charge in [-0.2, -0.15) is 4.57 Å². The van der Waals surface area contributed by atoms with Gasteiger partial charge in [-0.15, -0.1) is 0 Å². The van der Waals surface area contributed by atoms with Gasteiger partial charge in [0.2, 0.25) is 16.6 Å². The molecule has 3 aromatic rings. The second kappa shape index (κ2) is 13.7. The van der Waals surface area contributed by atoms with Gasteiger partial charge in [-0.3, -0.25) is 9.59 Å². The summed E-state index contributed by atoms with van der Waals surface area (Å²) in [5.74, 6) is -2.02. The van der Waals surface area contributed by atoms with E-state index in [2.05, 4.69) is 12.2 Å². The van der Waals surface area contributed by atoms with Gasteiger partial charge >= 0.3 is 5.97 Å². The molecule has 50 heavy (non-hydrogen) atoms. The molecule has 1 aromatic heterocycles. The zero-order valence-electron chi connectivity index (χ0n) is 27.9. The van der Waals surface area contributed by atoms with Crippen molar-refractivity contribution in [3.8, 4) is 0 Å². The van der Waals surface area contributed by atoms with Gasteiger partial charge in [-0.05, 0) is 93.4 Å². The van der Waals surface area contributed by atoms with Gasteiger partial charge in [0.05, 0.1) is 16.6 Å². The largest absolute Gasteiger partial charge is 0.481 e. The fourth-order valence-electron chi connectivity index (χ4n) is 6.89. The molecule has 0 bridgehead atoms. The minimum atomic E-state index is -2.63. The molecule has 0 saturated heterocycles. The molecule has 2 aliphatic carbocycles. The van der Waals surface area contributed by atoms with Crippen LogP contribution in [0.15, 0.2) is 93.4 Å². The Morgan fingerprint density at radius 1 is 1.00 bits per heavy atom. The fourth-order valence-corrected chi connectivity index (χ4v) is 11.0. The van der Waals surface area contributed by atoms with Gasteiger partial charge in [0.15, 0.2) is 27.8 Å². The zero-order valence-corrected chi connectivity index (χ0v) is 31.2. The number of thiazole rings is 1. The number of thioether (sulfide) groups is 1. The SMILES string of the molecule is CC(C(=O)O)C(C)(N1/C(=C/C2=CC3=C/C(=C/c4sc5ccccc5[n+]4C(C)(S(=O)O)C(C)(O)C=O)CCC3CC2)Sc2ccccc21)S(=O)O. The number of aliphatic carboxylic acids is 1. The van der Waals surface area contributed by atoms with Crippen LogP contribution in [0.3, 0.4) is 0 Å². The number of para-hydroxylation sites is 2. The maximum Gasteiger partial charge on any atom is 0.309 e. The highest BCUT2D eigenvalue weighted by molar-refractivity contribution is 8.03. The Morgan fingerprint density at radius 3 is 2.36 bits per heavy atom. The van der Waals surface area contributed by atoms with Crippen LogP contribution in [0.25, 0.3) is 16.3 Å². The second-order valence-electron chi connectivity index (χ2n) is 13.3. The number of aldehydes is 1. The summed E-state index contributed by atoms with van der Waals surface area (Å²) in [7, 11) is 0. The number of aliphatic hydroxyl groups is 1. The number of carbonyl (C=O) groups excluding carboxylic acids is 1. The Labute approximate surface area is 303 Å². The average Bonchev–Trinajstić information content (AvgIpc) is 3.64. The molecule has 1 aliphatic heterocycles. The smallest absolute Gasteiger partial charge is 0.309 e. The van der Waals surface area contributed by atoms with Crippen LogP contribution in [0.1, 0.15) is 58.4 Å². The van der Waals surface area contributed by atoms with Crippen molar-refractivity contribution in [1.82, 2.24) is 0 Å². The maximum atomic E-state index is 12.9. The predicted molar refractivity (Wildman–Crippen MR) is 198 cm³/mol. The van der Waals surface area contributed by atoms with Crippen LogP contribution in [0, 0.1) is 11.8 Å². The first-order valence-corrected chi connectivity index (χ1v) is 20.0. The first-order chi connectivity index (χ1) is 23.6. The molecule has 6 rings (SSSR count). The third-order valence-corrected chi connectivity index (χ3v) is 15.0. The van der Waals surface area contributed by atoms with Crippen LogP contribution < -0.4 is 9.47 Å². The van der Waals surface area contributed by atoms with Crippen molar-refractivity contribution in [3.63, 3.8) is 0 Å². The first kappa shape index (κ1) is 36.5. The molecular formula is C36H39N2O8S4+. The van der Waals surface area contributed by atoms with Gasteiger partial charge in [0.1, 0.15) is 4.70 Å². The first-order valence-electron chi connectivity index (χ1n) is 16.1. The predicted octanol–water partition coefficient (Wildman–Crippen LogP) is 6.59. The summed E-state index contributed by atoms with van der Waals surface area (Å²) < 4.78 is 49.3. The lowest BCUT2D eigenvalue weighted by atomic mass is 9.77. The van der Waals surface area contributed by atoms with Crippen molar-refractivity contribution >= 4 is 79.5 Å². The molecule has 2 heterocycles. The molecule has 2 aromatic carbocycles. The Bertz CT molecular complexity index is 2070. The molecular weight excluding hydrogens is 717 g/mol. The van der Waals surface area contributed by atoms with E-state index in [4.69, 9.17) is 0 Å². The van der Waals surface area contributed by atoms with Crippen LogP contribution in [0.5, 0.6) is 0 Å². The Hall–Kier alpha value is -3.24.